The van der Waals surface area contributed by atoms with E-state index in [9.17, 15) is 0 Å². The lowest BCUT2D eigenvalue weighted by Crippen LogP contribution is -1.91. The Bertz CT molecular complexity index is 728. The molecule has 0 amide bonds. The zero-order valence-electron chi connectivity index (χ0n) is 10.4. The van der Waals surface area contributed by atoms with Crippen LogP contribution in [-0.2, 0) is 0 Å². The van der Waals surface area contributed by atoms with Gasteiger partial charge in [0, 0.05) is 17.4 Å². The van der Waals surface area contributed by atoms with E-state index in [1.165, 1.54) is 0 Å². The molecule has 0 spiro atoms. The first-order chi connectivity index (χ1) is 8.65. The van der Waals surface area contributed by atoms with Gasteiger partial charge in [-0.15, -0.1) is 5.10 Å². The van der Waals surface area contributed by atoms with E-state index in [0.29, 0.717) is 5.82 Å². The smallest absolute Gasteiger partial charge is 0.182 e. The number of nitrogen functional groups attached to an aromatic ring is 1. The summed E-state index contributed by atoms with van der Waals surface area (Å²) < 4.78 is 1.79. The Morgan fingerprint density at radius 3 is 2.67 bits per heavy atom. The van der Waals surface area contributed by atoms with Gasteiger partial charge in [0.05, 0.1) is 0 Å². The lowest BCUT2D eigenvalue weighted by molar-refractivity contribution is 0.960. The van der Waals surface area contributed by atoms with Crippen LogP contribution in [-0.4, -0.2) is 14.6 Å². The molecule has 3 aromatic rings. The Morgan fingerprint density at radius 1 is 1.11 bits per heavy atom. The van der Waals surface area contributed by atoms with Gasteiger partial charge >= 0.3 is 0 Å². The molecule has 0 aliphatic rings. The molecule has 1 aromatic carbocycles. The zero-order chi connectivity index (χ0) is 12.7. The summed E-state index contributed by atoms with van der Waals surface area (Å²) in [5.41, 5.74) is 10.7. The van der Waals surface area contributed by atoms with E-state index in [0.717, 1.165) is 28.0 Å². The molecule has 0 atom stereocenters. The number of nitrogens with two attached hydrogens (primary N) is 1. The number of pyridine rings is 1. The van der Waals surface area contributed by atoms with Crippen LogP contribution in [0.4, 0.5) is 5.69 Å². The number of hydrogen-bond acceptors (Lipinski definition) is 3. The molecule has 0 unspecified atom stereocenters. The molecule has 0 fully saturated rings. The molecule has 0 aliphatic carbocycles. The summed E-state index contributed by atoms with van der Waals surface area (Å²) >= 11 is 0. The van der Waals surface area contributed by atoms with E-state index in [-0.39, 0.29) is 0 Å². The van der Waals surface area contributed by atoms with Gasteiger partial charge in [0.15, 0.2) is 11.5 Å². The van der Waals surface area contributed by atoms with Gasteiger partial charge in [-0.2, -0.15) is 0 Å². The third-order valence-electron chi connectivity index (χ3n) is 3.09. The standard InChI is InChI=1S/C14H14N4/c1-9-5-6-11(8-12(9)15)13-16-14-10(2)4-3-7-18(14)17-13/h3-8H,15H2,1-2H3. The van der Waals surface area contributed by atoms with Crippen molar-refractivity contribution in [2.24, 2.45) is 0 Å². The Morgan fingerprint density at radius 2 is 1.94 bits per heavy atom. The van der Waals surface area contributed by atoms with E-state index in [2.05, 4.69) is 10.1 Å². The minimum atomic E-state index is 0.705. The van der Waals surface area contributed by atoms with Crippen molar-refractivity contribution in [1.29, 1.82) is 0 Å². The fraction of sp³-hybridized carbons (Fsp3) is 0.143. The van der Waals surface area contributed by atoms with Gasteiger partial charge in [-0.25, -0.2) is 9.50 Å². The summed E-state index contributed by atoms with van der Waals surface area (Å²) in [6, 6.07) is 9.89. The fourth-order valence-electron chi connectivity index (χ4n) is 1.94. The average molecular weight is 238 g/mol. The topological polar surface area (TPSA) is 56.2 Å². The number of hydrogen-bond donors (Lipinski definition) is 1. The Balaban J connectivity index is 2.19. The molecule has 4 heteroatoms. The lowest BCUT2D eigenvalue weighted by Gasteiger charge is -2.00. The molecule has 0 radical (unpaired) electrons. The summed E-state index contributed by atoms with van der Waals surface area (Å²) in [5, 5.41) is 4.46. The molecule has 90 valence electrons. The second-order valence-corrected chi connectivity index (χ2v) is 4.47. The van der Waals surface area contributed by atoms with Gasteiger partial charge in [-0.3, -0.25) is 0 Å². The van der Waals surface area contributed by atoms with E-state index in [4.69, 9.17) is 5.73 Å². The molecule has 0 aliphatic heterocycles. The first kappa shape index (κ1) is 10.8. The van der Waals surface area contributed by atoms with Crippen molar-refractivity contribution in [2.45, 2.75) is 13.8 Å². The van der Waals surface area contributed by atoms with E-state index < -0.39 is 0 Å². The predicted octanol–water partition coefficient (Wildman–Crippen LogP) is 2.60. The van der Waals surface area contributed by atoms with Crippen molar-refractivity contribution in [3.05, 3.63) is 47.7 Å². The quantitative estimate of drug-likeness (QED) is 0.663. The highest BCUT2D eigenvalue weighted by molar-refractivity contribution is 5.65. The number of rotatable bonds is 1. The molecule has 3 rings (SSSR count). The summed E-state index contributed by atoms with van der Waals surface area (Å²) in [7, 11) is 0. The van der Waals surface area contributed by atoms with Crippen molar-refractivity contribution < 1.29 is 0 Å². The molecule has 2 aromatic heterocycles. The minimum Gasteiger partial charge on any atom is -0.398 e. The maximum Gasteiger partial charge on any atom is 0.182 e. The first-order valence-electron chi connectivity index (χ1n) is 5.83. The minimum absolute atomic E-state index is 0.705. The van der Waals surface area contributed by atoms with Crippen LogP contribution in [0.1, 0.15) is 11.1 Å². The van der Waals surface area contributed by atoms with Crippen molar-refractivity contribution in [1.82, 2.24) is 14.6 Å². The van der Waals surface area contributed by atoms with E-state index >= 15 is 0 Å². The van der Waals surface area contributed by atoms with Crippen LogP contribution in [0.2, 0.25) is 0 Å². The highest BCUT2D eigenvalue weighted by Gasteiger charge is 2.08. The van der Waals surface area contributed by atoms with Gasteiger partial charge in [0.2, 0.25) is 0 Å². The van der Waals surface area contributed by atoms with Gasteiger partial charge in [-0.05, 0) is 37.1 Å². The van der Waals surface area contributed by atoms with Crippen LogP contribution in [0.5, 0.6) is 0 Å². The summed E-state index contributed by atoms with van der Waals surface area (Å²) in [5.74, 6) is 0.705. The SMILES string of the molecule is Cc1ccc(-c2nc3c(C)cccn3n2)cc1N. The van der Waals surface area contributed by atoms with Crippen LogP contribution < -0.4 is 5.73 Å². The number of aryl methyl sites for hydroxylation is 2. The van der Waals surface area contributed by atoms with Crippen molar-refractivity contribution in [2.75, 3.05) is 5.73 Å². The van der Waals surface area contributed by atoms with Gasteiger partial charge in [0.1, 0.15) is 0 Å². The predicted molar refractivity (Wildman–Crippen MR) is 72.3 cm³/mol. The molecule has 0 saturated carbocycles. The Kier molecular flexibility index (Phi) is 2.30. The first-order valence-corrected chi connectivity index (χ1v) is 5.83. The van der Waals surface area contributed by atoms with Crippen LogP contribution in [0, 0.1) is 13.8 Å². The summed E-state index contributed by atoms with van der Waals surface area (Å²) in [6.45, 7) is 4.01. The second-order valence-electron chi connectivity index (χ2n) is 4.47. The molecule has 2 heterocycles. The normalized spacial score (nSPS) is 11.0. The number of fused-ring (bicyclic) bond motifs is 1. The zero-order valence-corrected chi connectivity index (χ0v) is 10.4. The molecule has 0 saturated heterocycles. The van der Waals surface area contributed by atoms with Gasteiger partial charge < -0.3 is 5.73 Å². The van der Waals surface area contributed by atoms with Crippen LogP contribution >= 0.6 is 0 Å². The van der Waals surface area contributed by atoms with Crippen molar-refractivity contribution in [3.8, 4) is 11.4 Å². The molecule has 18 heavy (non-hydrogen) atoms. The number of nitrogens with zero attached hydrogens (tertiary/aromatic N) is 3. The average Bonchev–Trinajstić information content (AvgIpc) is 2.78. The van der Waals surface area contributed by atoms with E-state index in [1.54, 1.807) is 4.52 Å². The molecular formula is C14H14N4. The maximum absolute atomic E-state index is 5.92. The highest BCUT2D eigenvalue weighted by atomic mass is 15.3. The largest absolute Gasteiger partial charge is 0.398 e. The Labute approximate surface area is 105 Å². The lowest BCUT2D eigenvalue weighted by atomic mass is 10.1. The Hall–Kier alpha value is -2.36. The molecule has 0 bridgehead atoms. The highest BCUT2D eigenvalue weighted by Crippen LogP contribution is 2.22. The summed E-state index contributed by atoms with van der Waals surface area (Å²) in [4.78, 5) is 4.55. The van der Waals surface area contributed by atoms with Crippen LogP contribution in [0.15, 0.2) is 36.5 Å². The van der Waals surface area contributed by atoms with Crippen molar-refractivity contribution >= 4 is 11.3 Å². The second kappa shape index (κ2) is 3.84. The number of anilines is 1. The fourth-order valence-corrected chi connectivity index (χ4v) is 1.94. The monoisotopic (exact) mass is 238 g/mol. The molecule has 4 nitrogen and oxygen atoms in total. The van der Waals surface area contributed by atoms with Crippen LogP contribution in [0.3, 0.4) is 0 Å². The molecule has 2 N–H and O–H groups in total. The third kappa shape index (κ3) is 1.62. The van der Waals surface area contributed by atoms with Gasteiger partial charge in [-0.1, -0.05) is 18.2 Å². The maximum atomic E-state index is 5.92. The molecular weight excluding hydrogens is 224 g/mol. The van der Waals surface area contributed by atoms with Crippen molar-refractivity contribution in [3.63, 3.8) is 0 Å². The van der Waals surface area contributed by atoms with Crippen LogP contribution in [0.25, 0.3) is 17.0 Å². The van der Waals surface area contributed by atoms with E-state index in [1.807, 2.05) is 50.4 Å². The summed E-state index contributed by atoms with van der Waals surface area (Å²) in [6.07, 6.45) is 1.90. The number of benzene rings is 1. The van der Waals surface area contributed by atoms with Gasteiger partial charge in [0.25, 0.3) is 0 Å². The number of aromatic nitrogens is 3. The third-order valence-corrected chi connectivity index (χ3v) is 3.09.